The summed E-state index contributed by atoms with van der Waals surface area (Å²) in [6, 6.07) is 18.6. The van der Waals surface area contributed by atoms with E-state index in [1.807, 2.05) is 47.3 Å². The first kappa shape index (κ1) is 14.0. The monoisotopic (exact) mass is 305 g/mol. The molecule has 0 radical (unpaired) electrons. The van der Waals surface area contributed by atoms with E-state index in [1.54, 1.807) is 4.57 Å². The lowest BCUT2D eigenvalue weighted by Gasteiger charge is -2.09. The van der Waals surface area contributed by atoms with Crippen molar-refractivity contribution in [2.75, 3.05) is 13.1 Å². The SMILES string of the molecule is O=c1n(-c2ccc(-c3ccccc3)cc2)ccn1[C@H]1CCNC1. The number of hydrogen-bond acceptors (Lipinski definition) is 2. The van der Waals surface area contributed by atoms with E-state index in [0.29, 0.717) is 0 Å². The maximum absolute atomic E-state index is 12.6. The van der Waals surface area contributed by atoms with Crippen molar-refractivity contribution in [1.29, 1.82) is 0 Å². The van der Waals surface area contributed by atoms with Crippen molar-refractivity contribution < 1.29 is 0 Å². The Morgan fingerprint density at radius 1 is 0.913 bits per heavy atom. The molecule has 3 aromatic rings. The molecule has 0 amide bonds. The maximum atomic E-state index is 12.6. The second-order valence-electron chi connectivity index (χ2n) is 5.92. The molecule has 0 unspecified atom stereocenters. The summed E-state index contributed by atoms with van der Waals surface area (Å²) in [5, 5.41) is 3.30. The molecule has 2 heterocycles. The van der Waals surface area contributed by atoms with Crippen LogP contribution in [-0.4, -0.2) is 22.2 Å². The Balaban J connectivity index is 1.65. The Hall–Kier alpha value is -2.59. The minimum absolute atomic E-state index is 0.0335. The van der Waals surface area contributed by atoms with Crippen LogP contribution in [0.25, 0.3) is 16.8 Å². The standard InChI is InChI=1S/C19H19N3O/c23-19-21(12-13-22(19)18-10-11-20-14-18)17-8-6-16(7-9-17)15-4-2-1-3-5-15/h1-9,12-13,18,20H,10-11,14H2/t18-/m0/s1. The van der Waals surface area contributed by atoms with Gasteiger partial charge in [0.05, 0.1) is 11.7 Å². The summed E-state index contributed by atoms with van der Waals surface area (Å²) >= 11 is 0. The van der Waals surface area contributed by atoms with Gasteiger partial charge in [-0.3, -0.25) is 9.13 Å². The van der Waals surface area contributed by atoms with E-state index in [-0.39, 0.29) is 11.7 Å². The molecule has 0 bridgehead atoms. The zero-order valence-electron chi connectivity index (χ0n) is 12.9. The largest absolute Gasteiger partial charge is 0.333 e. The molecule has 0 aliphatic carbocycles. The fraction of sp³-hybridized carbons (Fsp3) is 0.211. The molecule has 0 saturated carbocycles. The minimum Gasteiger partial charge on any atom is -0.315 e. The molecule has 0 spiro atoms. The lowest BCUT2D eigenvalue weighted by atomic mass is 10.1. The Bertz CT molecular complexity index is 840. The predicted molar refractivity (Wildman–Crippen MR) is 92.0 cm³/mol. The molecular weight excluding hydrogens is 286 g/mol. The average molecular weight is 305 g/mol. The van der Waals surface area contributed by atoms with Crippen molar-refractivity contribution in [1.82, 2.24) is 14.5 Å². The molecule has 2 aromatic carbocycles. The lowest BCUT2D eigenvalue weighted by molar-refractivity contribution is 0.526. The zero-order chi connectivity index (χ0) is 15.6. The van der Waals surface area contributed by atoms with Crippen LogP contribution in [0.1, 0.15) is 12.5 Å². The maximum Gasteiger partial charge on any atom is 0.333 e. The molecule has 116 valence electrons. The van der Waals surface area contributed by atoms with Crippen LogP contribution in [0.15, 0.2) is 71.8 Å². The van der Waals surface area contributed by atoms with Crippen LogP contribution in [0, 0.1) is 0 Å². The van der Waals surface area contributed by atoms with Crippen LogP contribution in [0.5, 0.6) is 0 Å². The number of rotatable bonds is 3. The van der Waals surface area contributed by atoms with Crippen LogP contribution < -0.4 is 11.0 Å². The smallest absolute Gasteiger partial charge is 0.315 e. The van der Waals surface area contributed by atoms with E-state index in [4.69, 9.17) is 0 Å². The molecule has 4 nitrogen and oxygen atoms in total. The van der Waals surface area contributed by atoms with Gasteiger partial charge in [0.2, 0.25) is 0 Å². The molecule has 23 heavy (non-hydrogen) atoms. The third-order valence-electron chi connectivity index (χ3n) is 4.48. The quantitative estimate of drug-likeness (QED) is 0.808. The van der Waals surface area contributed by atoms with Gasteiger partial charge >= 0.3 is 5.69 Å². The van der Waals surface area contributed by atoms with Gasteiger partial charge in [-0.2, -0.15) is 0 Å². The molecule has 1 aromatic heterocycles. The van der Waals surface area contributed by atoms with Gasteiger partial charge in [-0.25, -0.2) is 4.79 Å². The first-order chi connectivity index (χ1) is 11.3. The highest BCUT2D eigenvalue weighted by molar-refractivity contribution is 5.64. The van der Waals surface area contributed by atoms with E-state index in [2.05, 4.69) is 29.6 Å². The summed E-state index contributed by atoms with van der Waals surface area (Å²) in [5.41, 5.74) is 3.27. The normalized spacial score (nSPS) is 17.5. The van der Waals surface area contributed by atoms with Crippen LogP contribution in [0.2, 0.25) is 0 Å². The van der Waals surface area contributed by atoms with Gasteiger partial charge < -0.3 is 5.32 Å². The van der Waals surface area contributed by atoms with Crippen LogP contribution in [-0.2, 0) is 0 Å². The Morgan fingerprint density at radius 3 is 2.35 bits per heavy atom. The van der Waals surface area contributed by atoms with Gasteiger partial charge in [0.1, 0.15) is 0 Å². The summed E-state index contributed by atoms with van der Waals surface area (Å²) in [7, 11) is 0. The molecule has 1 aliphatic heterocycles. The van der Waals surface area contributed by atoms with Gasteiger partial charge in [0.15, 0.2) is 0 Å². The van der Waals surface area contributed by atoms with Crippen molar-refractivity contribution in [2.24, 2.45) is 0 Å². The Labute approximate surface area is 135 Å². The summed E-state index contributed by atoms with van der Waals surface area (Å²) in [6.07, 6.45) is 4.76. The average Bonchev–Trinajstić information content (AvgIpc) is 3.25. The Morgan fingerprint density at radius 2 is 1.65 bits per heavy atom. The number of benzene rings is 2. The second kappa shape index (κ2) is 5.89. The third-order valence-corrected chi connectivity index (χ3v) is 4.48. The van der Waals surface area contributed by atoms with E-state index < -0.39 is 0 Å². The van der Waals surface area contributed by atoms with Crippen LogP contribution in [0.4, 0.5) is 0 Å². The molecule has 4 heteroatoms. The molecule has 1 saturated heterocycles. The van der Waals surface area contributed by atoms with Crippen LogP contribution in [0.3, 0.4) is 0 Å². The molecule has 1 aliphatic rings. The molecule has 1 N–H and O–H groups in total. The molecular formula is C19H19N3O. The van der Waals surface area contributed by atoms with Gasteiger partial charge in [0.25, 0.3) is 0 Å². The topological polar surface area (TPSA) is 39.0 Å². The van der Waals surface area contributed by atoms with Gasteiger partial charge in [0, 0.05) is 18.9 Å². The Kier molecular flexibility index (Phi) is 3.60. The number of aromatic nitrogens is 2. The number of nitrogens with one attached hydrogen (secondary N) is 1. The van der Waals surface area contributed by atoms with Crippen molar-refractivity contribution >= 4 is 0 Å². The first-order valence-corrected chi connectivity index (χ1v) is 7.99. The van der Waals surface area contributed by atoms with Gasteiger partial charge in [-0.05, 0) is 36.2 Å². The van der Waals surface area contributed by atoms with Gasteiger partial charge in [-0.15, -0.1) is 0 Å². The number of nitrogens with zero attached hydrogens (tertiary/aromatic N) is 2. The first-order valence-electron chi connectivity index (χ1n) is 7.99. The van der Waals surface area contributed by atoms with E-state index in [0.717, 1.165) is 30.8 Å². The second-order valence-corrected chi connectivity index (χ2v) is 5.92. The fourth-order valence-corrected chi connectivity index (χ4v) is 3.19. The van der Waals surface area contributed by atoms with Crippen molar-refractivity contribution in [3.05, 3.63) is 77.5 Å². The van der Waals surface area contributed by atoms with Crippen molar-refractivity contribution in [3.8, 4) is 16.8 Å². The molecule has 1 fully saturated rings. The van der Waals surface area contributed by atoms with E-state index >= 15 is 0 Å². The number of imidazole rings is 1. The van der Waals surface area contributed by atoms with E-state index in [9.17, 15) is 4.79 Å². The number of hydrogen-bond donors (Lipinski definition) is 1. The highest BCUT2D eigenvalue weighted by Gasteiger charge is 2.19. The summed E-state index contributed by atoms with van der Waals surface area (Å²) < 4.78 is 3.55. The predicted octanol–water partition coefficient (Wildman–Crippen LogP) is 2.84. The van der Waals surface area contributed by atoms with Gasteiger partial charge in [-0.1, -0.05) is 42.5 Å². The van der Waals surface area contributed by atoms with Crippen molar-refractivity contribution in [2.45, 2.75) is 12.5 Å². The third kappa shape index (κ3) is 2.62. The fourth-order valence-electron chi connectivity index (χ4n) is 3.19. The summed E-state index contributed by atoms with van der Waals surface area (Å²) in [4.78, 5) is 12.6. The summed E-state index contributed by atoms with van der Waals surface area (Å²) in [6.45, 7) is 1.85. The molecule has 4 rings (SSSR count). The summed E-state index contributed by atoms with van der Waals surface area (Å²) in [5.74, 6) is 0. The molecule has 1 atom stereocenters. The minimum atomic E-state index is 0.0335. The highest BCUT2D eigenvalue weighted by Crippen LogP contribution is 2.20. The van der Waals surface area contributed by atoms with Crippen LogP contribution >= 0.6 is 0 Å². The van der Waals surface area contributed by atoms with E-state index in [1.165, 1.54) is 5.56 Å². The highest BCUT2D eigenvalue weighted by atomic mass is 16.1. The lowest BCUT2D eigenvalue weighted by Crippen LogP contribution is -2.27. The zero-order valence-corrected chi connectivity index (χ0v) is 12.9. The van der Waals surface area contributed by atoms with Crippen molar-refractivity contribution in [3.63, 3.8) is 0 Å².